The lowest BCUT2D eigenvalue weighted by molar-refractivity contribution is 0.255. The maximum absolute atomic E-state index is 5.86. The Bertz CT molecular complexity index is 553. The summed E-state index contributed by atoms with van der Waals surface area (Å²) in [6.45, 7) is 5.29. The summed E-state index contributed by atoms with van der Waals surface area (Å²) in [7, 11) is 3.24. The molecule has 2 rings (SSSR count). The average Bonchev–Trinajstić information content (AvgIpc) is 2.92. The minimum atomic E-state index is 0.372. The lowest BCUT2D eigenvalue weighted by Crippen LogP contribution is -2.07. The zero-order valence-electron chi connectivity index (χ0n) is 12.3. The molecular weight excluding hydrogens is 256 g/mol. The van der Waals surface area contributed by atoms with Gasteiger partial charge >= 0.3 is 0 Å². The highest BCUT2D eigenvalue weighted by atomic mass is 16.5. The van der Waals surface area contributed by atoms with Crippen LogP contribution in [0.2, 0.25) is 0 Å². The van der Waals surface area contributed by atoms with Gasteiger partial charge in [-0.25, -0.2) is 4.98 Å². The van der Waals surface area contributed by atoms with E-state index in [4.69, 9.17) is 14.2 Å². The normalized spacial score (nSPS) is 10.4. The molecule has 0 unspecified atom stereocenters. The Morgan fingerprint density at radius 3 is 2.35 bits per heavy atom. The molecule has 0 aliphatic carbocycles. The Hall–Kier alpha value is -2.17. The molecule has 0 radical (unpaired) electrons. The quantitative estimate of drug-likeness (QED) is 0.814. The van der Waals surface area contributed by atoms with Crippen molar-refractivity contribution in [1.29, 1.82) is 0 Å². The van der Waals surface area contributed by atoms with Crippen molar-refractivity contribution >= 4 is 0 Å². The lowest BCUT2D eigenvalue weighted by Gasteiger charge is -2.15. The van der Waals surface area contributed by atoms with Gasteiger partial charge in [-0.15, -0.1) is 0 Å². The van der Waals surface area contributed by atoms with Gasteiger partial charge in [0, 0.05) is 18.9 Å². The van der Waals surface area contributed by atoms with Crippen LogP contribution < -0.4 is 14.2 Å². The molecule has 5 heteroatoms. The van der Waals surface area contributed by atoms with Gasteiger partial charge in [0.05, 0.1) is 14.2 Å². The Kier molecular flexibility index (Phi) is 4.50. The molecule has 0 fully saturated rings. The van der Waals surface area contributed by atoms with E-state index in [9.17, 15) is 0 Å². The molecule has 20 heavy (non-hydrogen) atoms. The van der Waals surface area contributed by atoms with E-state index >= 15 is 0 Å². The molecule has 1 aromatic carbocycles. The van der Waals surface area contributed by atoms with Crippen LogP contribution in [0.1, 0.15) is 18.3 Å². The summed E-state index contributed by atoms with van der Waals surface area (Å²) in [4.78, 5) is 4.29. The molecule has 0 amide bonds. The van der Waals surface area contributed by atoms with Crippen molar-refractivity contribution in [2.24, 2.45) is 0 Å². The summed E-state index contributed by atoms with van der Waals surface area (Å²) in [6.07, 6.45) is 3.70. The van der Waals surface area contributed by atoms with Gasteiger partial charge in [-0.05, 0) is 31.5 Å². The van der Waals surface area contributed by atoms with Crippen molar-refractivity contribution < 1.29 is 14.2 Å². The topological polar surface area (TPSA) is 45.5 Å². The van der Waals surface area contributed by atoms with Crippen LogP contribution in [0, 0.1) is 6.92 Å². The van der Waals surface area contributed by atoms with Gasteiger partial charge in [0.2, 0.25) is 5.75 Å². The fraction of sp³-hybridized carbons (Fsp3) is 0.400. The highest BCUT2D eigenvalue weighted by Gasteiger charge is 2.14. The third-order valence-corrected chi connectivity index (χ3v) is 3.09. The van der Waals surface area contributed by atoms with Crippen LogP contribution in [0.4, 0.5) is 0 Å². The zero-order chi connectivity index (χ0) is 14.5. The summed E-state index contributed by atoms with van der Waals surface area (Å²) < 4.78 is 18.6. The molecule has 1 heterocycles. The van der Waals surface area contributed by atoms with Gasteiger partial charge in [-0.2, -0.15) is 0 Å². The van der Waals surface area contributed by atoms with Gasteiger partial charge in [-0.1, -0.05) is 0 Å². The Morgan fingerprint density at radius 2 is 1.80 bits per heavy atom. The molecular formula is C15H20N2O3. The fourth-order valence-corrected chi connectivity index (χ4v) is 2.06. The maximum Gasteiger partial charge on any atom is 0.203 e. The van der Waals surface area contributed by atoms with Crippen molar-refractivity contribution in [3.63, 3.8) is 0 Å². The fourth-order valence-electron chi connectivity index (χ4n) is 2.06. The number of hydrogen-bond donors (Lipinski definition) is 0. The van der Waals surface area contributed by atoms with Gasteiger partial charge in [0.1, 0.15) is 12.4 Å². The Balaban J connectivity index is 2.24. The molecule has 0 atom stereocenters. The van der Waals surface area contributed by atoms with Gasteiger partial charge in [0.15, 0.2) is 11.5 Å². The van der Waals surface area contributed by atoms with E-state index in [2.05, 4.69) is 11.9 Å². The average molecular weight is 276 g/mol. The van der Waals surface area contributed by atoms with E-state index in [0.717, 1.165) is 17.9 Å². The minimum absolute atomic E-state index is 0.372. The van der Waals surface area contributed by atoms with Crippen LogP contribution in [-0.2, 0) is 13.2 Å². The molecule has 1 aromatic heterocycles. The van der Waals surface area contributed by atoms with Crippen LogP contribution in [0.25, 0.3) is 0 Å². The molecule has 108 valence electrons. The second-order valence-electron chi connectivity index (χ2n) is 4.42. The van der Waals surface area contributed by atoms with Crippen LogP contribution >= 0.6 is 0 Å². The lowest BCUT2D eigenvalue weighted by atomic mass is 10.2. The third-order valence-electron chi connectivity index (χ3n) is 3.09. The number of benzene rings is 1. The number of aromatic nitrogens is 2. The third kappa shape index (κ3) is 2.87. The largest absolute Gasteiger partial charge is 0.493 e. The van der Waals surface area contributed by atoms with E-state index in [-0.39, 0.29) is 0 Å². The maximum atomic E-state index is 5.86. The van der Waals surface area contributed by atoms with Crippen molar-refractivity contribution in [1.82, 2.24) is 9.55 Å². The summed E-state index contributed by atoms with van der Waals surface area (Å²) in [5.74, 6) is 2.80. The van der Waals surface area contributed by atoms with Crippen LogP contribution in [0.15, 0.2) is 24.5 Å². The second kappa shape index (κ2) is 6.32. The second-order valence-corrected chi connectivity index (χ2v) is 4.42. The number of rotatable bonds is 6. The number of nitrogens with zero attached hydrogens (tertiary/aromatic N) is 2. The van der Waals surface area contributed by atoms with Crippen molar-refractivity contribution in [3.05, 3.63) is 35.9 Å². The Morgan fingerprint density at radius 1 is 1.15 bits per heavy atom. The SMILES string of the molecule is CCn1ccnc1COc1c(OC)cc(C)cc1OC. The van der Waals surface area contributed by atoms with Gasteiger partial charge in [-0.3, -0.25) is 0 Å². The summed E-state index contributed by atoms with van der Waals surface area (Å²) in [5, 5.41) is 0. The Labute approximate surface area is 119 Å². The molecule has 0 N–H and O–H groups in total. The summed E-state index contributed by atoms with van der Waals surface area (Å²) in [6, 6.07) is 3.84. The number of ether oxygens (including phenoxy) is 3. The molecule has 0 saturated carbocycles. The first-order chi connectivity index (χ1) is 9.69. The van der Waals surface area contributed by atoms with Gasteiger partial charge < -0.3 is 18.8 Å². The molecule has 5 nitrogen and oxygen atoms in total. The first kappa shape index (κ1) is 14.2. The van der Waals surface area contributed by atoms with E-state index < -0.39 is 0 Å². The highest BCUT2D eigenvalue weighted by molar-refractivity contribution is 5.53. The van der Waals surface area contributed by atoms with Crippen LogP contribution in [-0.4, -0.2) is 23.8 Å². The highest BCUT2D eigenvalue weighted by Crippen LogP contribution is 2.38. The van der Waals surface area contributed by atoms with E-state index in [1.54, 1.807) is 20.4 Å². The summed E-state index contributed by atoms with van der Waals surface area (Å²) in [5.41, 5.74) is 1.06. The predicted molar refractivity (Wildman–Crippen MR) is 76.5 cm³/mol. The molecule has 0 spiro atoms. The standard InChI is InChI=1S/C15H20N2O3/c1-5-17-7-6-16-14(17)10-20-15-12(18-3)8-11(2)9-13(15)19-4/h6-9H,5,10H2,1-4H3. The molecule has 0 saturated heterocycles. The van der Waals surface area contributed by atoms with Crippen molar-refractivity contribution in [2.75, 3.05) is 14.2 Å². The zero-order valence-corrected chi connectivity index (χ0v) is 12.3. The van der Waals surface area contributed by atoms with Gasteiger partial charge in [0.25, 0.3) is 0 Å². The molecule has 0 aliphatic rings. The van der Waals surface area contributed by atoms with Crippen molar-refractivity contribution in [2.45, 2.75) is 27.0 Å². The monoisotopic (exact) mass is 276 g/mol. The van der Waals surface area contributed by atoms with E-state index in [1.165, 1.54) is 0 Å². The van der Waals surface area contributed by atoms with Crippen molar-refractivity contribution in [3.8, 4) is 17.2 Å². The molecule has 0 aliphatic heterocycles. The number of hydrogen-bond acceptors (Lipinski definition) is 4. The minimum Gasteiger partial charge on any atom is -0.493 e. The number of imidazole rings is 1. The van der Waals surface area contributed by atoms with Crippen LogP contribution in [0.5, 0.6) is 17.2 Å². The molecule has 0 bridgehead atoms. The summed E-state index contributed by atoms with van der Waals surface area (Å²) >= 11 is 0. The first-order valence-electron chi connectivity index (χ1n) is 6.55. The first-order valence-corrected chi connectivity index (χ1v) is 6.55. The number of aryl methyl sites for hydroxylation is 2. The van der Waals surface area contributed by atoms with E-state index in [1.807, 2.05) is 29.8 Å². The van der Waals surface area contributed by atoms with E-state index in [0.29, 0.717) is 23.9 Å². The molecule has 2 aromatic rings. The van der Waals surface area contributed by atoms with Crippen LogP contribution in [0.3, 0.4) is 0 Å². The predicted octanol–water partition coefficient (Wildman–Crippen LogP) is 2.81. The smallest absolute Gasteiger partial charge is 0.203 e. The number of methoxy groups -OCH3 is 2.